The van der Waals surface area contributed by atoms with Crippen LogP contribution in [0.2, 0.25) is 0 Å². The SMILES string of the molecule is CCC(C)(C)[S+]1CCCC1.N.N.[Cr+3].[N-]=C=S.[N-]=C=S.[N-]=C=S.[N-]=C=S. The van der Waals surface area contributed by atoms with Crippen LogP contribution in [-0.4, -0.2) is 36.9 Å². The number of thiocarbonyl (C=S) groups is 4. The summed E-state index contributed by atoms with van der Waals surface area (Å²) >= 11 is 14.8. The molecule has 0 aliphatic carbocycles. The molecule has 0 aromatic rings. The van der Waals surface area contributed by atoms with Crippen LogP contribution in [0.5, 0.6) is 0 Å². The quantitative estimate of drug-likeness (QED) is 0.301. The average Bonchev–Trinajstić information content (AvgIpc) is 2.97. The minimum absolute atomic E-state index is 0. The molecule has 1 aliphatic rings. The van der Waals surface area contributed by atoms with Gasteiger partial charge in [-0.1, -0.05) is 55.8 Å². The van der Waals surface area contributed by atoms with Crippen LogP contribution in [-0.2, 0) is 28.3 Å². The van der Waals surface area contributed by atoms with Gasteiger partial charge in [0, 0.05) is 0 Å². The molecule has 1 fully saturated rings. The predicted octanol–water partition coefficient (Wildman–Crippen LogP) is 5.54. The largest absolute Gasteiger partial charge is 3.00 e. The van der Waals surface area contributed by atoms with Crippen LogP contribution in [0.3, 0.4) is 0 Å². The Morgan fingerprint density at radius 2 is 1.00 bits per heavy atom. The maximum atomic E-state index is 7.13. The number of isothiocyanates is 4. The Morgan fingerprint density at radius 1 is 0.800 bits per heavy atom. The van der Waals surface area contributed by atoms with Gasteiger partial charge in [-0.15, -0.1) is 0 Å². The topological polar surface area (TPSA) is 159 Å². The van der Waals surface area contributed by atoms with Crippen LogP contribution >= 0.6 is 48.9 Å². The van der Waals surface area contributed by atoms with Crippen LogP contribution in [0.1, 0.15) is 40.0 Å². The second-order valence-corrected chi connectivity index (χ2v) is 7.72. The predicted molar refractivity (Wildman–Crippen MR) is 125 cm³/mol. The molecular weight excluding hydrogens is 453 g/mol. The second kappa shape index (κ2) is 39.2. The summed E-state index contributed by atoms with van der Waals surface area (Å²) in [5.74, 6) is 3.03. The molecule has 0 unspecified atom stereocenters. The van der Waals surface area contributed by atoms with Crippen molar-refractivity contribution in [3.05, 3.63) is 21.6 Å². The molecule has 143 valence electrons. The smallest absolute Gasteiger partial charge is 0.753 e. The van der Waals surface area contributed by atoms with Crippen molar-refractivity contribution in [3.8, 4) is 0 Å². The van der Waals surface area contributed by atoms with Crippen molar-refractivity contribution >= 4 is 80.4 Å². The van der Waals surface area contributed by atoms with Gasteiger partial charge in [-0.2, -0.15) is 20.6 Å². The van der Waals surface area contributed by atoms with Gasteiger partial charge in [-0.05, 0) is 44.0 Å². The average molecular weight is 478 g/mol. The van der Waals surface area contributed by atoms with E-state index in [1.54, 1.807) is 0 Å². The van der Waals surface area contributed by atoms with Crippen LogP contribution in [0.4, 0.5) is 0 Å². The maximum absolute atomic E-state index is 7.13. The van der Waals surface area contributed by atoms with E-state index < -0.39 is 0 Å². The van der Waals surface area contributed by atoms with E-state index in [9.17, 15) is 0 Å². The Balaban J connectivity index is -0.0000000371. The van der Waals surface area contributed by atoms with Crippen molar-refractivity contribution in [1.82, 2.24) is 12.3 Å². The van der Waals surface area contributed by atoms with E-state index in [4.69, 9.17) is 21.6 Å². The summed E-state index contributed by atoms with van der Waals surface area (Å²) in [6, 6.07) is 0. The molecule has 0 amide bonds. The first-order valence-electron chi connectivity index (χ1n) is 6.05. The van der Waals surface area contributed by atoms with E-state index in [-0.39, 0.29) is 29.7 Å². The van der Waals surface area contributed by atoms with Crippen molar-refractivity contribution in [3.63, 3.8) is 0 Å². The van der Waals surface area contributed by atoms with Gasteiger partial charge in [0.1, 0.15) is 16.3 Å². The minimum Gasteiger partial charge on any atom is -0.753 e. The standard InChI is InChI=1S/C9H19S.4CNS.Cr.2H3N/c1-4-9(2,3)10-7-5-6-8-10;4*2-1-3;;;/h4-8H2,1-3H3;;;;;;2*1H3/q+1;4*-1;+3;;. The van der Waals surface area contributed by atoms with Gasteiger partial charge in [0.05, 0.1) is 0 Å². The van der Waals surface area contributed by atoms with Crippen LogP contribution < -0.4 is 12.3 Å². The van der Waals surface area contributed by atoms with Gasteiger partial charge in [0.2, 0.25) is 0 Å². The number of nitrogens with zero attached hydrogens (tertiary/aromatic N) is 4. The molecule has 6 nitrogen and oxygen atoms in total. The van der Waals surface area contributed by atoms with Gasteiger partial charge >= 0.3 is 17.4 Å². The van der Waals surface area contributed by atoms with Crippen molar-refractivity contribution in [2.75, 3.05) is 11.5 Å². The third-order valence-corrected chi connectivity index (χ3v) is 6.08. The molecule has 0 saturated carbocycles. The zero-order valence-electron chi connectivity index (χ0n) is 14.7. The number of rotatable bonds is 2. The fraction of sp³-hybridized carbons (Fsp3) is 0.692. The summed E-state index contributed by atoms with van der Waals surface area (Å²) in [5.41, 5.74) is 0. The van der Waals surface area contributed by atoms with Crippen LogP contribution in [0, 0.1) is 0 Å². The van der Waals surface area contributed by atoms with Gasteiger partial charge in [-0.3, -0.25) is 0 Å². The maximum Gasteiger partial charge on any atom is 3.00 e. The van der Waals surface area contributed by atoms with E-state index in [0.717, 1.165) is 10.9 Å². The van der Waals surface area contributed by atoms with E-state index in [1.165, 1.54) is 51.4 Å². The Kier molecular flexibility index (Phi) is 69.7. The molecule has 1 heterocycles. The summed E-state index contributed by atoms with van der Waals surface area (Å²) in [4.78, 5) is 0. The van der Waals surface area contributed by atoms with Crippen molar-refractivity contribution in [1.29, 1.82) is 0 Å². The normalized spacial score (nSPS) is 10.0. The first-order valence-corrected chi connectivity index (χ1v) is 9.25. The van der Waals surface area contributed by atoms with E-state index in [0.29, 0.717) is 4.75 Å². The fourth-order valence-electron chi connectivity index (χ4n) is 1.41. The third kappa shape index (κ3) is 45.4. The summed E-state index contributed by atoms with van der Waals surface area (Å²) in [6.45, 7) is 7.19. The van der Waals surface area contributed by atoms with Crippen molar-refractivity contribution in [2.45, 2.75) is 44.8 Å². The monoisotopic (exact) mass is 477 g/mol. The van der Waals surface area contributed by atoms with Crippen LogP contribution in [0.15, 0.2) is 0 Å². The molecule has 0 atom stereocenters. The first kappa shape index (κ1) is 44.4. The molecule has 1 rings (SSSR count). The molecule has 1 saturated heterocycles. The summed E-state index contributed by atoms with van der Waals surface area (Å²) in [7, 11) is 0.762. The van der Waals surface area contributed by atoms with E-state index in [2.05, 4.69) is 69.6 Å². The van der Waals surface area contributed by atoms with Gasteiger partial charge in [0.25, 0.3) is 0 Å². The Morgan fingerprint density at radius 3 is 1.16 bits per heavy atom. The number of hydrogen-bond donors (Lipinski definition) is 2. The van der Waals surface area contributed by atoms with Gasteiger partial charge < -0.3 is 33.9 Å². The molecule has 0 aromatic heterocycles. The van der Waals surface area contributed by atoms with Crippen LogP contribution in [0.25, 0.3) is 21.6 Å². The molecular formula is C13H25CrN6S5. The molecule has 6 N–H and O–H groups in total. The molecule has 0 spiro atoms. The van der Waals surface area contributed by atoms with E-state index in [1.807, 2.05) is 0 Å². The Bertz CT molecular complexity index is 342. The second-order valence-electron chi connectivity index (χ2n) is 4.09. The third-order valence-electron chi connectivity index (χ3n) is 2.66. The van der Waals surface area contributed by atoms with Crippen molar-refractivity contribution in [2.24, 2.45) is 0 Å². The zero-order chi connectivity index (χ0) is 18.4. The molecule has 0 aromatic carbocycles. The Labute approximate surface area is 187 Å². The van der Waals surface area contributed by atoms with Crippen molar-refractivity contribution < 1.29 is 17.4 Å². The molecule has 1 radical (unpaired) electrons. The fourth-order valence-corrected chi connectivity index (χ4v) is 4.23. The zero-order valence-corrected chi connectivity index (χ0v) is 20.0. The van der Waals surface area contributed by atoms with Gasteiger partial charge in [0.15, 0.2) is 0 Å². The molecule has 1 aliphatic heterocycles. The molecule has 12 heteroatoms. The molecule has 0 bridgehead atoms. The minimum atomic E-state index is 0. The summed E-state index contributed by atoms with van der Waals surface area (Å²) in [5, 5.41) is 33.9. The summed E-state index contributed by atoms with van der Waals surface area (Å²) < 4.78 is 0.649. The molecule has 25 heavy (non-hydrogen) atoms. The first-order chi connectivity index (χ1) is 10.3. The van der Waals surface area contributed by atoms with Gasteiger partial charge in [-0.25, -0.2) is 0 Å². The number of hydrogen-bond acceptors (Lipinski definition) is 6. The van der Waals surface area contributed by atoms with E-state index >= 15 is 0 Å². The Hall–Kier alpha value is 0.00247. The summed E-state index contributed by atoms with van der Waals surface area (Å²) in [6.07, 6.45) is 4.34.